The summed E-state index contributed by atoms with van der Waals surface area (Å²) < 4.78 is 0. The molecule has 2 heterocycles. The quantitative estimate of drug-likeness (QED) is 0.477. The van der Waals surface area contributed by atoms with E-state index in [9.17, 15) is 4.79 Å². The van der Waals surface area contributed by atoms with Gasteiger partial charge in [-0.15, -0.1) is 0 Å². The summed E-state index contributed by atoms with van der Waals surface area (Å²) in [6.07, 6.45) is 6.04. The molecule has 144 valence electrons. The third-order valence-electron chi connectivity index (χ3n) is 4.70. The first-order valence-corrected chi connectivity index (χ1v) is 9.13. The molecular weight excluding hydrogens is 350 g/mol. The second-order valence-electron chi connectivity index (χ2n) is 6.62. The number of benzene rings is 1. The van der Waals surface area contributed by atoms with Gasteiger partial charge in [0.1, 0.15) is 5.82 Å². The number of H-pyrrole nitrogens is 1. The largest absolute Gasteiger partial charge is 0.394 e. The van der Waals surface area contributed by atoms with E-state index >= 15 is 0 Å². The maximum Gasteiger partial charge on any atom is 0.252 e. The third kappa shape index (κ3) is 4.06. The van der Waals surface area contributed by atoms with Crippen LogP contribution in [0.5, 0.6) is 0 Å². The average molecular weight is 375 g/mol. The van der Waals surface area contributed by atoms with Crippen molar-refractivity contribution in [3.8, 4) is 0 Å². The zero-order valence-corrected chi connectivity index (χ0v) is 16.2. The highest BCUT2D eigenvalue weighted by Gasteiger charge is 2.13. The molecule has 5 N–H and O–H groups in total. The lowest BCUT2D eigenvalue weighted by Gasteiger charge is -2.11. The smallest absolute Gasteiger partial charge is 0.252 e. The summed E-state index contributed by atoms with van der Waals surface area (Å²) in [5, 5.41) is 7.09. The van der Waals surface area contributed by atoms with Crippen LogP contribution in [-0.2, 0) is 6.42 Å². The molecule has 0 spiro atoms. The van der Waals surface area contributed by atoms with E-state index in [4.69, 9.17) is 5.73 Å². The lowest BCUT2D eigenvalue weighted by Crippen LogP contribution is -2.26. The lowest BCUT2D eigenvalue weighted by atomic mass is 10.0. The van der Waals surface area contributed by atoms with Crippen molar-refractivity contribution in [2.75, 3.05) is 19.3 Å². The SMILES string of the molecule is C=C(/C(C)=C/NC)c1cc(C(=O)NCCc2c[nH]c3ccccc23)cnc1N. The minimum Gasteiger partial charge on any atom is -0.394 e. The number of pyridine rings is 1. The van der Waals surface area contributed by atoms with Crippen LogP contribution < -0.4 is 16.4 Å². The monoisotopic (exact) mass is 375 g/mol. The number of para-hydroxylation sites is 1. The van der Waals surface area contributed by atoms with Gasteiger partial charge in [-0.3, -0.25) is 4.79 Å². The second kappa shape index (κ2) is 8.43. The van der Waals surface area contributed by atoms with Crippen molar-refractivity contribution in [1.82, 2.24) is 20.6 Å². The van der Waals surface area contributed by atoms with E-state index in [-0.39, 0.29) is 5.91 Å². The number of nitrogens with one attached hydrogen (secondary N) is 3. The minimum absolute atomic E-state index is 0.184. The summed E-state index contributed by atoms with van der Waals surface area (Å²) in [5.74, 6) is 0.167. The lowest BCUT2D eigenvalue weighted by molar-refractivity contribution is 0.0954. The number of rotatable bonds is 7. The number of anilines is 1. The van der Waals surface area contributed by atoms with Crippen molar-refractivity contribution >= 4 is 28.2 Å². The molecule has 0 fully saturated rings. The number of carbonyl (C=O) groups excluding carboxylic acids is 1. The van der Waals surface area contributed by atoms with Crippen molar-refractivity contribution < 1.29 is 4.79 Å². The van der Waals surface area contributed by atoms with Gasteiger partial charge in [-0.25, -0.2) is 4.98 Å². The Hall–Kier alpha value is -3.54. The highest BCUT2D eigenvalue weighted by molar-refractivity contribution is 5.96. The number of hydrogen-bond donors (Lipinski definition) is 4. The summed E-state index contributed by atoms with van der Waals surface area (Å²) >= 11 is 0. The number of allylic oxidation sites excluding steroid dienone is 2. The van der Waals surface area contributed by atoms with Crippen LogP contribution in [0.4, 0.5) is 5.82 Å². The third-order valence-corrected chi connectivity index (χ3v) is 4.70. The molecule has 0 radical (unpaired) electrons. The van der Waals surface area contributed by atoms with Gasteiger partial charge < -0.3 is 21.4 Å². The van der Waals surface area contributed by atoms with E-state index < -0.39 is 0 Å². The number of fused-ring (bicyclic) bond motifs is 1. The molecule has 6 heteroatoms. The maximum absolute atomic E-state index is 12.6. The minimum atomic E-state index is -0.184. The van der Waals surface area contributed by atoms with Gasteiger partial charge in [0.2, 0.25) is 0 Å². The predicted octanol–water partition coefficient (Wildman–Crippen LogP) is 3.25. The van der Waals surface area contributed by atoms with Crippen LogP contribution in [0.25, 0.3) is 16.5 Å². The molecule has 0 saturated heterocycles. The second-order valence-corrected chi connectivity index (χ2v) is 6.62. The fourth-order valence-corrected chi connectivity index (χ4v) is 3.11. The number of carbonyl (C=O) groups is 1. The average Bonchev–Trinajstić information content (AvgIpc) is 3.11. The summed E-state index contributed by atoms with van der Waals surface area (Å²) in [6, 6.07) is 9.86. The molecule has 0 aliphatic heterocycles. The molecular formula is C22H25N5O. The van der Waals surface area contributed by atoms with Crippen LogP contribution in [0.2, 0.25) is 0 Å². The van der Waals surface area contributed by atoms with Gasteiger partial charge in [0.25, 0.3) is 5.91 Å². The molecule has 3 rings (SSSR count). The Bertz CT molecular complexity index is 1050. The van der Waals surface area contributed by atoms with E-state index in [1.165, 1.54) is 17.1 Å². The Labute approximate surface area is 164 Å². The fraction of sp³-hybridized carbons (Fsp3) is 0.182. The normalized spacial score (nSPS) is 11.4. The molecule has 0 unspecified atom stereocenters. The summed E-state index contributed by atoms with van der Waals surface area (Å²) in [6.45, 7) is 6.52. The molecule has 1 amide bonds. The zero-order valence-electron chi connectivity index (χ0n) is 16.2. The summed E-state index contributed by atoms with van der Waals surface area (Å²) in [4.78, 5) is 20.0. The first kappa shape index (κ1) is 19.2. The Morgan fingerprint density at radius 3 is 2.93 bits per heavy atom. The topological polar surface area (TPSA) is 95.8 Å². The van der Waals surface area contributed by atoms with Crippen LogP contribution >= 0.6 is 0 Å². The molecule has 0 atom stereocenters. The Kier molecular flexibility index (Phi) is 5.79. The van der Waals surface area contributed by atoms with E-state index in [0.29, 0.717) is 23.5 Å². The number of aromatic amines is 1. The van der Waals surface area contributed by atoms with Gasteiger partial charge in [0.15, 0.2) is 0 Å². The van der Waals surface area contributed by atoms with E-state index in [0.717, 1.165) is 23.1 Å². The highest BCUT2D eigenvalue weighted by atomic mass is 16.1. The van der Waals surface area contributed by atoms with Gasteiger partial charge in [0, 0.05) is 42.5 Å². The molecule has 3 aromatic rings. The highest BCUT2D eigenvalue weighted by Crippen LogP contribution is 2.25. The summed E-state index contributed by atoms with van der Waals surface area (Å²) in [5.41, 5.74) is 11.0. The van der Waals surface area contributed by atoms with Crippen molar-refractivity contribution in [2.45, 2.75) is 13.3 Å². The molecule has 6 nitrogen and oxygen atoms in total. The molecule has 0 aliphatic rings. The van der Waals surface area contributed by atoms with E-state index in [1.807, 2.05) is 44.6 Å². The van der Waals surface area contributed by atoms with Gasteiger partial charge in [-0.05, 0) is 48.4 Å². The standard InChI is InChI=1S/C22H25N5O/c1-14(11-24-3)15(2)19-10-17(13-27-21(19)23)22(28)25-9-8-16-12-26-20-7-5-4-6-18(16)20/h4-7,10-13,24,26H,2,8-9H2,1,3H3,(H2,23,27)(H,25,28)/b14-11+. The van der Waals surface area contributed by atoms with Gasteiger partial charge >= 0.3 is 0 Å². The van der Waals surface area contributed by atoms with Gasteiger partial charge in [-0.1, -0.05) is 24.8 Å². The van der Waals surface area contributed by atoms with Crippen LogP contribution in [-0.4, -0.2) is 29.5 Å². The van der Waals surface area contributed by atoms with Crippen LogP contribution in [0.15, 0.2) is 61.1 Å². The Morgan fingerprint density at radius 2 is 2.14 bits per heavy atom. The predicted molar refractivity (Wildman–Crippen MR) is 115 cm³/mol. The summed E-state index contributed by atoms with van der Waals surface area (Å²) in [7, 11) is 1.82. The Balaban J connectivity index is 1.68. The maximum atomic E-state index is 12.6. The zero-order chi connectivity index (χ0) is 20.1. The van der Waals surface area contributed by atoms with Crippen molar-refractivity contribution in [2.24, 2.45) is 0 Å². The Morgan fingerprint density at radius 1 is 1.36 bits per heavy atom. The van der Waals surface area contributed by atoms with Crippen molar-refractivity contribution in [3.05, 3.63) is 77.8 Å². The molecule has 28 heavy (non-hydrogen) atoms. The van der Waals surface area contributed by atoms with Gasteiger partial charge in [-0.2, -0.15) is 0 Å². The van der Waals surface area contributed by atoms with Crippen molar-refractivity contribution in [3.63, 3.8) is 0 Å². The number of hydrogen-bond acceptors (Lipinski definition) is 4. The van der Waals surface area contributed by atoms with Crippen molar-refractivity contribution in [1.29, 1.82) is 0 Å². The van der Waals surface area contributed by atoms with E-state index in [1.54, 1.807) is 6.07 Å². The number of amides is 1. The first-order valence-electron chi connectivity index (χ1n) is 9.13. The van der Waals surface area contributed by atoms with Crippen LogP contribution in [0.3, 0.4) is 0 Å². The molecule has 0 bridgehead atoms. The number of nitrogens with two attached hydrogens (primary N) is 1. The molecule has 1 aromatic carbocycles. The van der Waals surface area contributed by atoms with E-state index in [2.05, 4.69) is 33.2 Å². The molecule has 0 saturated carbocycles. The number of aromatic nitrogens is 2. The van der Waals surface area contributed by atoms with Gasteiger partial charge in [0.05, 0.1) is 5.56 Å². The van der Waals surface area contributed by atoms with Crippen LogP contribution in [0, 0.1) is 0 Å². The molecule has 2 aromatic heterocycles. The fourth-order valence-electron chi connectivity index (χ4n) is 3.11. The number of nitrogen functional groups attached to an aromatic ring is 1. The molecule has 0 aliphatic carbocycles. The number of nitrogens with zero attached hydrogens (tertiary/aromatic N) is 1. The first-order chi connectivity index (χ1) is 13.5. The van der Waals surface area contributed by atoms with Crippen LogP contribution in [0.1, 0.15) is 28.4 Å².